The molecular formula is C35H49N5O4S. The van der Waals surface area contributed by atoms with Crippen LogP contribution in [0.15, 0.2) is 41.2 Å². The second-order valence-electron chi connectivity index (χ2n) is 12.7. The van der Waals surface area contributed by atoms with E-state index < -0.39 is 5.60 Å². The lowest BCUT2D eigenvalue weighted by Crippen LogP contribution is -2.45. The quantitative estimate of drug-likeness (QED) is 0.241. The summed E-state index contributed by atoms with van der Waals surface area (Å²) in [4.78, 5) is 35.8. The van der Waals surface area contributed by atoms with Crippen LogP contribution in [-0.4, -0.2) is 75.3 Å². The molecule has 0 bridgehead atoms. The summed E-state index contributed by atoms with van der Waals surface area (Å²) in [6, 6.07) is 11.7. The maximum Gasteiger partial charge on any atom is 0.410 e. The molecule has 9 nitrogen and oxygen atoms in total. The molecule has 0 radical (unpaired) electrons. The number of likely N-dealkylation sites (tertiary alicyclic amines) is 1. The Morgan fingerprint density at radius 2 is 1.78 bits per heavy atom. The van der Waals surface area contributed by atoms with E-state index in [0.29, 0.717) is 43.3 Å². The van der Waals surface area contributed by atoms with Gasteiger partial charge >= 0.3 is 6.09 Å². The molecule has 1 fully saturated rings. The van der Waals surface area contributed by atoms with Crippen LogP contribution >= 0.6 is 12.2 Å². The van der Waals surface area contributed by atoms with Crippen LogP contribution in [0.1, 0.15) is 70.2 Å². The standard InChI is InChI=1S/C35H49N5O4S/c1-9-38(10-2)22-30-23(4)18-25-19-26(32(41)37-31(25)24(30)5)20-40(28-16-17-39(21-28)34(42)44-35(6,7)8)33(45)36-27-12-14-29(15-13-27)43-11-3/h12-15,18-19,28H,9-11,16-17,20-22H2,1-8H3,(H,36,45)(H,37,41). The average molecular weight is 636 g/mol. The second-order valence-corrected chi connectivity index (χ2v) is 13.1. The lowest BCUT2D eigenvalue weighted by Gasteiger charge is -2.32. The Morgan fingerprint density at radius 3 is 2.40 bits per heavy atom. The molecule has 45 heavy (non-hydrogen) atoms. The number of fused-ring (bicyclic) bond motifs is 1. The van der Waals surface area contributed by atoms with Crippen molar-refractivity contribution in [2.45, 2.75) is 86.5 Å². The number of aromatic amines is 1. The van der Waals surface area contributed by atoms with Crippen LogP contribution in [0.4, 0.5) is 10.5 Å². The van der Waals surface area contributed by atoms with E-state index in [0.717, 1.165) is 47.5 Å². The van der Waals surface area contributed by atoms with Crippen molar-refractivity contribution in [2.24, 2.45) is 0 Å². The number of hydrogen-bond acceptors (Lipinski definition) is 6. The van der Waals surface area contributed by atoms with E-state index >= 15 is 0 Å². The van der Waals surface area contributed by atoms with Crippen molar-refractivity contribution >= 4 is 40.0 Å². The average Bonchev–Trinajstić information content (AvgIpc) is 3.47. The minimum Gasteiger partial charge on any atom is -0.494 e. The molecule has 1 saturated heterocycles. The Labute approximate surface area is 272 Å². The van der Waals surface area contributed by atoms with Crippen LogP contribution in [0.3, 0.4) is 0 Å². The van der Waals surface area contributed by atoms with Crippen molar-refractivity contribution in [1.29, 1.82) is 0 Å². The molecule has 10 heteroatoms. The lowest BCUT2D eigenvalue weighted by molar-refractivity contribution is 0.0285. The number of H-pyrrole nitrogens is 1. The van der Waals surface area contributed by atoms with Crippen LogP contribution in [-0.2, 0) is 17.8 Å². The molecule has 1 aliphatic rings. The highest BCUT2D eigenvalue weighted by Crippen LogP contribution is 2.27. The molecule has 2 N–H and O–H groups in total. The number of rotatable bonds is 10. The first kappa shape index (κ1) is 34.2. The largest absolute Gasteiger partial charge is 0.494 e. The minimum atomic E-state index is -0.584. The van der Waals surface area contributed by atoms with Gasteiger partial charge in [0.2, 0.25) is 0 Å². The van der Waals surface area contributed by atoms with E-state index in [4.69, 9.17) is 21.7 Å². The molecule has 244 valence electrons. The number of nitrogens with zero attached hydrogens (tertiary/aromatic N) is 3. The van der Waals surface area contributed by atoms with Gasteiger partial charge in [0.25, 0.3) is 5.56 Å². The Morgan fingerprint density at radius 1 is 1.09 bits per heavy atom. The van der Waals surface area contributed by atoms with Crippen molar-refractivity contribution in [3.8, 4) is 5.75 Å². The van der Waals surface area contributed by atoms with Gasteiger partial charge in [0.1, 0.15) is 11.4 Å². The first-order valence-electron chi connectivity index (χ1n) is 16.0. The number of nitrogens with one attached hydrogen (secondary N) is 2. The van der Waals surface area contributed by atoms with Crippen molar-refractivity contribution < 1.29 is 14.3 Å². The number of ether oxygens (including phenoxy) is 2. The molecule has 1 atom stereocenters. The molecule has 0 aliphatic carbocycles. The number of pyridine rings is 1. The lowest BCUT2D eigenvalue weighted by atomic mass is 9.97. The van der Waals surface area contributed by atoms with Crippen molar-refractivity contribution in [1.82, 2.24) is 19.7 Å². The molecule has 3 aromatic rings. The molecule has 0 saturated carbocycles. The van der Waals surface area contributed by atoms with Gasteiger partial charge in [0.05, 0.1) is 24.7 Å². The van der Waals surface area contributed by atoms with Crippen LogP contribution < -0.4 is 15.6 Å². The fraction of sp³-hybridized carbons (Fsp3) is 0.514. The first-order chi connectivity index (χ1) is 21.3. The number of benzene rings is 2. The second kappa shape index (κ2) is 14.6. The number of carbonyl (C=O) groups excluding carboxylic acids is 1. The summed E-state index contributed by atoms with van der Waals surface area (Å²) >= 11 is 5.96. The number of carbonyl (C=O) groups is 1. The van der Waals surface area contributed by atoms with Crippen LogP contribution in [0.25, 0.3) is 10.9 Å². The molecule has 1 aromatic heterocycles. The zero-order valence-electron chi connectivity index (χ0n) is 28.1. The molecule has 1 aliphatic heterocycles. The molecular weight excluding hydrogens is 586 g/mol. The number of aromatic nitrogens is 1. The van der Waals surface area contributed by atoms with Gasteiger partial charge < -0.3 is 29.6 Å². The highest BCUT2D eigenvalue weighted by Gasteiger charge is 2.34. The third-order valence-corrected chi connectivity index (χ3v) is 8.71. The third-order valence-electron chi connectivity index (χ3n) is 8.37. The van der Waals surface area contributed by atoms with E-state index in [2.05, 4.69) is 49.0 Å². The fourth-order valence-electron chi connectivity index (χ4n) is 5.85. The van der Waals surface area contributed by atoms with Crippen molar-refractivity contribution in [3.05, 3.63) is 69.0 Å². The highest BCUT2D eigenvalue weighted by atomic mass is 32.1. The Balaban J connectivity index is 1.65. The number of aryl methyl sites for hydroxylation is 2. The number of amides is 1. The third kappa shape index (κ3) is 8.55. The first-order valence-corrected chi connectivity index (χ1v) is 16.4. The van der Waals surface area contributed by atoms with E-state index in [1.165, 1.54) is 11.1 Å². The fourth-order valence-corrected chi connectivity index (χ4v) is 6.18. The van der Waals surface area contributed by atoms with Crippen LogP contribution in [0, 0.1) is 13.8 Å². The summed E-state index contributed by atoms with van der Waals surface area (Å²) in [5.41, 5.74) is 5.14. The molecule has 1 amide bonds. The van der Waals surface area contributed by atoms with Gasteiger partial charge in [-0.05, 0) is 132 Å². The van der Waals surface area contributed by atoms with Gasteiger partial charge in [-0.3, -0.25) is 9.69 Å². The van der Waals surface area contributed by atoms with Gasteiger partial charge in [-0.15, -0.1) is 0 Å². The number of anilines is 1. The van der Waals surface area contributed by atoms with E-state index in [1.807, 2.05) is 62.9 Å². The smallest absolute Gasteiger partial charge is 0.410 e. The van der Waals surface area contributed by atoms with E-state index in [9.17, 15) is 9.59 Å². The predicted octanol–water partition coefficient (Wildman–Crippen LogP) is 6.59. The molecule has 2 aromatic carbocycles. The van der Waals surface area contributed by atoms with Gasteiger partial charge in [-0.25, -0.2) is 4.79 Å². The maximum absolute atomic E-state index is 13.6. The van der Waals surface area contributed by atoms with Gasteiger partial charge in [-0.2, -0.15) is 0 Å². The maximum atomic E-state index is 13.6. The summed E-state index contributed by atoms with van der Waals surface area (Å²) in [7, 11) is 0. The van der Waals surface area contributed by atoms with Gasteiger partial charge in [0.15, 0.2) is 5.11 Å². The Hall–Kier alpha value is -3.63. The Bertz CT molecular complexity index is 1560. The summed E-state index contributed by atoms with van der Waals surface area (Å²) in [5.74, 6) is 0.781. The summed E-state index contributed by atoms with van der Waals surface area (Å²) in [5, 5.41) is 4.83. The molecule has 4 rings (SSSR count). The zero-order chi connectivity index (χ0) is 32.9. The van der Waals surface area contributed by atoms with Crippen LogP contribution in [0.2, 0.25) is 0 Å². The SMILES string of the molecule is CCOc1ccc(NC(=S)N(Cc2cc3cc(C)c(CN(CC)CC)c(C)c3[nH]c2=O)C2CCN(C(=O)OC(C)(C)C)C2)cc1. The van der Waals surface area contributed by atoms with Crippen LogP contribution in [0.5, 0.6) is 5.75 Å². The van der Waals surface area contributed by atoms with Crippen molar-refractivity contribution in [2.75, 3.05) is 38.1 Å². The van der Waals surface area contributed by atoms with E-state index in [1.54, 1.807) is 4.90 Å². The molecule has 1 unspecified atom stereocenters. The molecule has 2 heterocycles. The van der Waals surface area contributed by atoms with Gasteiger partial charge in [-0.1, -0.05) is 13.8 Å². The summed E-state index contributed by atoms with van der Waals surface area (Å²) < 4.78 is 11.2. The highest BCUT2D eigenvalue weighted by molar-refractivity contribution is 7.80. The normalized spacial score (nSPS) is 15.0. The predicted molar refractivity (Wildman–Crippen MR) is 186 cm³/mol. The Kier molecular flexibility index (Phi) is 11.1. The number of hydrogen-bond donors (Lipinski definition) is 2. The summed E-state index contributed by atoms with van der Waals surface area (Å²) in [6.07, 6.45) is 0.355. The topological polar surface area (TPSA) is 90.1 Å². The zero-order valence-corrected chi connectivity index (χ0v) is 28.9. The monoisotopic (exact) mass is 635 g/mol. The van der Waals surface area contributed by atoms with E-state index in [-0.39, 0.29) is 17.7 Å². The minimum absolute atomic E-state index is 0.102. The summed E-state index contributed by atoms with van der Waals surface area (Å²) in [6.45, 7) is 20.8. The van der Waals surface area contributed by atoms with Crippen molar-refractivity contribution in [3.63, 3.8) is 0 Å². The number of thiocarbonyl (C=S) groups is 1. The molecule has 0 spiro atoms. The van der Waals surface area contributed by atoms with Gasteiger partial charge in [0, 0.05) is 30.9 Å².